The molecular formula is C31H34N2O3S. The predicted octanol–water partition coefficient (Wildman–Crippen LogP) is 6.79. The maximum Gasteiger partial charge on any atom is 0.265 e. The largest absolute Gasteiger partial charge is 0.494 e. The minimum Gasteiger partial charge on any atom is -0.494 e. The SMILES string of the molecule is CCCCOc1ccc(C(C)NC(=O)CN2C(=O)/C(=C/c3ccc(CC)cc3)Sc3ccccc32)cc1. The lowest BCUT2D eigenvalue weighted by Crippen LogP contribution is -2.43. The zero-order valence-electron chi connectivity index (χ0n) is 21.7. The molecule has 6 heteroatoms. The minimum atomic E-state index is -0.211. The molecule has 1 N–H and O–H groups in total. The van der Waals surface area contributed by atoms with E-state index in [4.69, 9.17) is 4.74 Å². The van der Waals surface area contributed by atoms with Gasteiger partial charge >= 0.3 is 0 Å². The van der Waals surface area contributed by atoms with Gasteiger partial charge in [0, 0.05) is 4.90 Å². The van der Waals surface area contributed by atoms with Gasteiger partial charge in [0.25, 0.3) is 5.91 Å². The third-order valence-corrected chi connectivity index (χ3v) is 7.42. The van der Waals surface area contributed by atoms with E-state index in [-0.39, 0.29) is 24.4 Å². The lowest BCUT2D eigenvalue weighted by Gasteiger charge is -2.30. The van der Waals surface area contributed by atoms with Crippen LogP contribution in [0.15, 0.2) is 82.6 Å². The van der Waals surface area contributed by atoms with Crippen LogP contribution in [0.2, 0.25) is 0 Å². The summed E-state index contributed by atoms with van der Waals surface area (Å²) in [5.41, 5.74) is 3.95. The summed E-state index contributed by atoms with van der Waals surface area (Å²) in [7, 11) is 0. The van der Waals surface area contributed by atoms with Crippen molar-refractivity contribution in [1.82, 2.24) is 5.32 Å². The fraction of sp³-hybridized carbons (Fsp3) is 0.290. The summed E-state index contributed by atoms with van der Waals surface area (Å²) >= 11 is 1.45. The Labute approximate surface area is 223 Å². The van der Waals surface area contributed by atoms with Crippen LogP contribution in [0.4, 0.5) is 5.69 Å². The summed E-state index contributed by atoms with van der Waals surface area (Å²) in [6.07, 6.45) is 4.98. The quantitative estimate of drug-likeness (QED) is 0.239. The van der Waals surface area contributed by atoms with Crippen molar-refractivity contribution in [3.05, 3.63) is 94.4 Å². The first kappa shape index (κ1) is 26.6. The van der Waals surface area contributed by atoms with Crippen molar-refractivity contribution < 1.29 is 14.3 Å². The number of carbonyl (C=O) groups excluding carboxylic acids is 2. The number of carbonyl (C=O) groups is 2. The van der Waals surface area contributed by atoms with Crippen molar-refractivity contribution in [3.63, 3.8) is 0 Å². The smallest absolute Gasteiger partial charge is 0.265 e. The van der Waals surface area contributed by atoms with E-state index in [0.717, 1.165) is 46.7 Å². The number of para-hydroxylation sites is 1. The highest BCUT2D eigenvalue weighted by molar-refractivity contribution is 8.04. The van der Waals surface area contributed by atoms with Gasteiger partial charge in [-0.15, -0.1) is 0 Å². The van der Waals surface area contributed by atoms with E-state index in [1.54, 1.807) is 4.90 Å². The molecule has 192 valence electrons. The molecular weight excluding hydrogens is 480 g/mol. The molecule has 5 nitrogen and oxygen atoms in total. The van der Waals surface area contributed by atoms with E-state index < -0.39 is 0 Å². The lowest BCUT2D eigenvalue weighted by atomic mass is 10.1. The van der Waals surface area contributed by atoms with Gasteiger partial charge in [-0.3, -0.25) is 14.5 Å². The van der Waals surface area contributed by atoms with Crippen LogP contribution in [0.5, 0.6) is 5.75 Å². The van der Waals surface area contributed by atoms with Gasteiger partial charge in [0.2, 0.25) is 5.91 Å². The number of amides is 2. The maximum atomic E-state index is 13.5. The van der Waals surface area contributed by atoms with Crippen molar-refractivity contribution in [2.75, 3.05) is 18.1 Å². The van der Waals surface area contributed by atoms with E-state index in [2.05, 4.69) is 31.3 Å². The van der Waals surface area contributed by atoms with Gasteiger partial charge in [-0.2, -0.15) is 0 Å². The highest BCUT2D eigenvalue weighted by Crippen LogP contribution is 2.42. The van der Waals surface area contributed by atoms with Crippen molar-refractivity contribution in [1.29, 1.82) is 0 Å². The zero-order chi connectivity index (χ0) is 26.2. The second-order valence-corrected chi connectivity index (χ2v) is 10.2. The Hall–Kier alpha value is -3.51. The Morgan fingerprint density at radius 3 is 2.46 bits per heavy atom. The average Bonchev–Trinajstić information content (AvgIpc) is 2.92. The molecule has 0 radical (unpaired) electrons. The van der Waals surface area contributed by atoms with Crippen LogP contribution in [0.1, 0.15) is 56.3 Å². The van der Waals surface area contributed by atoms with Gasteiger partial charge in [0.1, 0.15) is 12.3 Å². The van der Waals surface area contributed by atoms with Crippen LogP contribution in [0.25, 0.3) is 6.08 Å². The van der Waals surface area contributed by atoms with E-state index in [0.29, 0.717) is 11.5 Å². The lowest BCUT2D eigenvalue weighted by molar-refractivity contribution is -0.122. The molecule has 0 fully saturated rings. The molecule has 1 aliphatic rings. The second-order valence-electron chi connectivity index (χ2n) is 9.13. The summed E-state index contributed by atoms with van der Waals surface area (Å²) < 4.78 is 5.73. The Morgan fingerprint density at radius 2 is 1.76 bits per heavy atom. The summed E-state index contributed by atoms with van der Waals surface area (Å²) in [6, 6.07) is 23.5. The molecule has 1 unspecified atom stereocenters. The molecule has 1 heterocycles. The number of benzene rings is 3. The highest BCUT2D eigenvalue weighted by Gasteiger charge is 2.30. The molecule has 0 bridgehead atoms. The fourth-order valence-electron chi connectivity index (χ4n) is 4.12. The van der Waals surface area contributed by atoms with Crippen molar-refractivity contribution in [2.45, 2.75) is 51.0 Å². The van der Waals surface area contributed by atoms with E-state index in [1.165, 1.54) is 17.3 Å². The molecule has 37 heavy (non-hydrogen) atoms. The van der Waals surface area contributed by atoms with Gasteiger partial charge < -0.3 is 10.1 Å². The Kier molecular flexibility index (Phi) is 9.07. The van der Waals surface area contributed by atoms with Crippen LogP contribution in [-0.2, 0) is 16.0 Å². The molecule has 4 rings (SSSR count). The molecule has 0 aromatic heterocycles. The van der Waals surface area contributed by atoms with E-state index in [9.17, 15) is 9.59 Å². The number of fused-ring (bicyclic) bond motifs is 1. The van der Waals surface area contributed by atoms with Gasteiger partial charge in [0.05, 0.1) is 23.2 Å². The van der Waals surface area contributed by atoms with Gasteiger partial charge in [-0.1, -0.05) is 80.6 Å². The first-order valence-electron chi connectivity index (χ1n) is 12.9. The zero-order valence-corrected chi connectivity index (χ0v) is 22.5. The van der Waals surface area contributed by atoms with Gasteiger partial charge in [0.15, 0.2) is 0 Å². The first-order valence-corrected chi connectivity index (χ1v) is 13.7. The number of rotatable bonds is 10. The number of ether oxygens (including phenoxy) is 1. The highest BCUT2D eigenvalue weighted by atomic mass is 32.2. The van der Waals surface area contributed by atoms with Crippen LogP contribution in [-0.4, -0.2) is 25.0 Å². The third kappa shape index (κ3) is 6.83. The number of thioether (sulfide) groups is 1. The molecule has 3 aromatic rings. The fourth-order valence-corrected chi connectivity index (χ4v) is 5.18. The number of nitrogens with zero attached hydrogens (tertiary/aromatic N) is 1. The predicted molar refractivity (Wildman–Crippen MR) is 152 cm³/mol. The third-order valence-electron chi connectivity index (χ3n) is 6.34. The number of hydrogen-bond donors (Lipinski definition) is 1. The van der Waals surface area contributed by atoms with Gasteiger partial charge in [-0.25, -0.2) is 0 Å². The van der Waals surface area contributed by atoms with Crippen LogP contribution < -0.4 is 15.0 Å². The normalized spacial score (nSPS) is 14.8. The number of hydrogen-bond acceptors (Lipinski definition) is 4. The van der Waals surface area contributed by atoms with Crippen molar-refractivity contribution >= 4 is 35.3 Å². The summed E-state index contributed by atoms with van der Waals surface area (Å²) in [4.78, 5) is 29.7. The van der Waals surface area contributed by atoms with E-state index in [1.807, 2.05) is 73.7 Å². The van der Waals surface area contributed by atoms with Crippen LogP contribution in [0.3, 0.4) is 0 Å². The number of unbranched alkanes of at least 4 members (excludes halogenated alkanes) is 1. The minimum absolute atomic E-state index is 0.0505. The summed E-state index contributed by atoms with van der Waals surface area (Å²) in [5, 5.41) is 3.04. The monoisotopic (exact) mass is 514 g/mol. The molecule has 3 aromatic carbocycles. The molecule has 1 atom stereocenters. The molecule has 0 spiro atoms. The summed E-state index contributed by atoms with van der Waals surface area (Å²) in [6.45, 7) is 6.84. The molecule has 2 amide bonds. The Morgan fingerprint density at radius 1 is 1.03 bits per heavy atom. The van der Waals surface area contributed by atoms with Crippen molar-refractivity contribution in [3.8, 4) is 5.75 Å². The standard InChI is InChI=1S/C31H34N2O3S/c1-4-6-19-36-26-17-15-25(16-18-26)22(3)32-30(34)21-33-27-9-7-8-10-28(27)37-29(31(33)35)20-24-13-11-23(5-2)12-14-24/h7-18,20,22H,4-6,19,21H2,1-3H3,(H,32,34)/b29-20-. The van der Waals surface area contributed by atoms with E-state index >= 15 is 0 Å². The van der Waals surface area contributed by atoms with Crippen LogP contribution in [0, 0.1) is 0 Å². The number of nitrogens with one attached hydrogen (secondary N) is 1. The first-order chi connectivity index (χ1) is 18.0. The second kappa shape index (κ2) is 12.6. The van der Waals surface area contributed by atoms with Crippen LogP contribution >= 0.6 is 11.8 Å². The molecule has 0 saturated heterocycles. The number of anilines is 1. The maximum absolute atomic E-state index is 13.5. The Balaban J connectivity index is 1.46. The Bertz CT molecular complexity index is 1250. The molecule has 0 aliphatic carbocycles. The molecule has 0 saturated carbocycles. The average molecular weight is 515 g/mol. The number of aryl methyl sites for hydroxylation is 1. The van der Waals surface area contributed by atoms with Gasteiger partial charge in [-0.05, 0) is 66.8 Å². The van der Waals surface area contributed by atoms with Crippen molar-refractivity contribution in [2.24, 2.45) is 0 Å². The topological polar surface area (TPSA) is 58.6 Å². The molecule has 1 aliphatic heterocycles. The summed E-state index contributed by atoms with van der Waals surface area (Å²) in [5.74, 6) is 0.449.